The number of carbonyl (C=O) groups is 1. The molecule has 0 radical (unpaired) electrons. The Morgan fingerprint density at radius 1 is 1.43 bits per heavy atom. The average Bonchev–Trinajstić information content (AvgIpc) is 3.03. The topological polar surface area (TPSA) is 109 Å². The first-order valence-electron chi connectivity index (χ1n) is 9.85. The molecule has 9 nitrogen and oxygen atoms in total. The summed E-state index contributed by atoms with van der Waals surface area (Å²) in [6.07, 6.45) is 5.37. The summed E-state index contributed by atoms with van der Waals surface area (Å²) >= 11 is 3.46. The predicted octanol–water partition coefficient (Wildman–Crippen LogP) is 3.82. The smallest absolute Gasteiger partial charge is 0.407 e. The number of fused-ring (bicyclic) bond motifs is 1. The maximum atomic E-state index is 15.0. The summed E-state index contributed by atoms with van der Waals surface area (Å²) in [5.41, 5.74) is 1.24. The number of nitrogens with one attached hydrogen (secondary N) is 3. The second kappa shape index (κ2) is 7.22. The molecule has 0 saturated heterocycles. The number of aromatic amines is 1. The van der Waals surface area contributed by atoms with Crippen molar-refractivity contribution >= 4 is 39.2 Å². The lowest BCUT2D eigenvalue weighted by Gasteiger charge is -2.19. The Labute approximate surface area is 179 Å². The Morgan fingerprint density at radius 2 is 2.27 bits per heavy atom. The molecular weight excluding hydrogens is 457 g/mol. The van der Waals surface area contributed by atoms with E-state index in [1.54, 1.807) is 29.2 Å². The Bertz CT molecular complexity index is 1100. The molecule has 158 valence electrons. The highest BCUT2D eigenvalue weighted by Crippen LogP contribution is 2.39. The molecule has 3 aromatic rings. The molecule has 0 spiro atoms. The molecule has 0 aliphatic heterocycles. The zero-order valence-electron chi connectivity index (χ0n) is 16.2. The van der Waals surface area contributed by atoms with E-state index in [0.717, 1.165) is 22.8 Å². The number of alkyl carbamates (subject to hydrolysis) is 1. The van der Waals surface area contributed by atoms with Crippen molar-refractivity contribution in [1.82, 2.24) is 30.1 Å². The van der Waals surface area contributed by atoms with Gasteiger partial charge in [-0.05, 0) is 48.5 Å². The zero-order chi connectivity index (χ0) is 20.9. The second-order valence-corrected chi connectivity index (χ2v) is 9.01. The van der Waals surface area contributed by atoms with E-state index >= 15 is 0 Å². The minimum atomic E-state index is -1.29. The molecule has 1 amide bonds. The molecule has 0 unspecified atom stereocenters. The fraction of sp³-hybridized carbons (Fsp3) is 0.474. The van der Waals surface area contributed by atoms with Gasteiger partial charge in [0.2, 0.25) is 0 Å². The minimum absolute atomic E-state index is 0.188. The molecule has 2 aliphatic carbocycles. The number of amides is 1. The van der Waals surface area contributed by atoms with Crippen molar-refractivity contribution < 1.29 is 13.9 Å². The molecule has 2 fully saturated rings. The average molecular weight is 478 g/mol. The van der Waals surface area contributed by atoms with Crippen molar-refractivity contribution in [2.75, 3.05) is 5.32 Å². The summed E-state index contributed by atoms with van der Waals surface area (Å²) in [4.78, 5) is 16.4. The number of rotatable bonds is 5. The molecule has 5 rings (SSSR count). The summed E-state index contributed by atoms with van der Waals surface area (Å²) in [7, 11) is 0. The van der Waals surface area contributed by atoms with Gasteiger partial charge in [-0.1, -0.05) is 0 Å². The quantitative estimate of drug-likeness (QED) is 0.515. The molecule has 30 heavy (non-hydrogen) atoms. The van der Waals surface area contributed by atoms with Crippen LogP contribution in [0.5, 0.6) is 0 Å². The highest BCUT2D eigenvalue weighted by molar-refractivity contribution is 9.10. The Morgan fingerprint density at radius 3 is 3.07 bits per heavy atom. The van der Waals surface area contributed by atoms with Gasteiger partial charge in [0.15, 0.2) is 11.6 Å². The summed E-state index contributed by atoms with van der Waals surface area (Å²) in [5.74, 6) is 0.692. The van der Waals surface area contributed by atoms with Crippen molar-refractivity contribution in [2.45, 2.75) is 56.3 Å². The molecule has 2 saturated carbocycles. The van der Waals surface area contributed by atoms with Gasteiger partial charge in [-0.25, -0.2) is 18.7 Å². The van der Waals surface area contributed by atoms with E-state index in [0.29, 0.717) is 30.2 Å². The van der Waals surface area contributed by atoms with Gasteiger partial charge in [-0.15, -0.1) is 0 Å². The van der Waals surface area contributed by atoms with Crippen LogP contribution in [0.3, 0.4) is 0 Å². The Balaban J connectivity index is 1.26. The number of alkyl halides is 1. The number of nitrogens with zero attached hydrogens (tertiary/aromatic N) is 4. The lowest BCUT2D eigenvalue weighted by atomic mass is 10.0. The summed E-state index contributed by atoms with van der Waals surface area (Å²) in [6, 6.07) is 1.76. The first-order chi connectivity index (χ1) is 14.4. The molecule has 0 bridgehead atoms. The third-order valence-electron chi connectivity index (χ3n) is 5.79. The molecule has 0 aromatic carbocycles. The first-order valence-corrected chi connectivity index (χ1v) is 10.6. The molecular formula is C19H21BrFN7O2. The fourth-order valence-electron chi connectivity index (χ4n) is 3.81. The van der Waals surface area contributed by atoms with Crippen LogP contribution in [0.4, 0.5) is 20.8 Å². The van der Waals surface area contributed by atoms with E-state index in [2.05, 4.69) is 46.8 Å². The van der Waals surface area contributed by atoms with Crippen LogP contribution in [-0.2, 0) is 4.74 Å². The van der Waals surface area contributed by atoms with Gasteiger partial charge >= 0.3 is 6.09 Å². The fourth-order valence-corrected chi connectivity index (χ4v) is 4.27. The van der Waals surface area contributed by atoms with Crippen LogP contribution in [0.1, 0.15) is 44.2 Å². The molecule has 3 N–H and O–H groups in total. The van der Waals surface area contributed by atoms with E-state index < -0.39 is 24.3 Å². The van der Waals surface area contributed by atoms with Crippen molar-refractivity contribution in [3.05, 3.63) is 34.8 Å². The largest absolute Gasteiger partial charge is 0.443 e. The summed E-state index contributed by atoms with van der Waals surface area (Å²) in [5, 5.41) is 17.3. The summed E-state index contributed by atoms with van der Waals surface area (Å²) in [6.45, 7) is 1.95. The van der Waals surface area contributed by atoms with Crippen LogP contribution in [0.25, 0.3) is 5.52 Å². The molecule has 3 aromatic heterocycles. The van der Waals surface area contributed by atoms with E-state index in [-0.39, 0.29) is 5.54 Å². The highest BCUT2D eigenvalue weighted by Gasteiger charge is 2.43. The van der Waals surface area contributed by atoms with Crippen molar-refractivity contribution in [3.8, 4) is 0 Å². The predicted molar refractivity (Wildman–Crippen MR) is 110 cm³/mol. The minimum Gasteiger partial charge on any atom is -0.443 e. The van der Waals surface area contributed by atoms with E-state index in [4.69, 9.17) is 4.74 Å². The Kier molecular flexibility index (Phi) is 4.64. The number of hydrogen-bond donors (Lipinski definition) is 3. The van der Waals surface area contributed by atoms with Crippen molar-refractivity contribution in [2.24, 2.45) is 0 Å². The van der Waals surface area contributed by atoms with Crippen molar-refractivity contribution in [1.29, 1.82) is 0 Å². The van der Waals surface area contributed by atoms with Crippen LogP contribution in [0.15, 0.2) is 29.1 Å². The molecule has 3 heterocycles. The zero-order valence-corrected chi connectivity index (χ0v) is 17.8. The van der Waals surface area contributed by atoms with E-state index in [9.17, 15) is 9.18 Å². The number of H-pyrrole nitrogens is 1. The van der Waals surface area contributed by atoms with Crippen LogP contribution in [0, 0.1) is 0 Å². The second-order valence-electron chi connectivity index (χ2n) is 8.15. The first kappa shape index (κ1) is 19.3. The van der Waals surface area contributed by atoms with Gasteiger partial charge in [-0.2, -0.15) is 10.2 Å². The van der Waals surface area contributed by atoms with Crippen LogP contribution >= 0.6 is 15.9 Å². The normalized spacial score (nSPS) is 24.7. The van der Waals surface area contributed by atoms with Crippen LogP contribution in [0.2, 0.25) is 0 Å². The van der Waals surface area contributed by atoms with Crippen molar-refractivity contribution in [3.63, 3.8) is 0 Å². The summed E-state index contributed by atoms with van der Waals surface area (Å²) < 4.78 is 22.8. The maximum Gasteiger partial charge on any atom is 0.407 e. The van der Waals surface area contributed by atoms with Gasteiger partial charge in [0.1, 0.15) is 17.8 Å². The molecule has 2 aliphatic rings. The number of halogens is 2. The lowest BCUT2D eigenvalue weighted by molar-refractivity contribution is 0.0546. The van der Waals surface area contributed by atoms with Gasteiger partial charge < -0.3 is 15.4 Å². The van der Waals surface area contributed by atoms with Gasteiger partial charge in [-0.3, -0.25) is 5.10 Å². The number of carbonyl (C=O) groups excluding carboxylic acids is 1. The SMILES string of the molecule is CC1(NC(=O)O[C@H]2CC[C@@H](c3cc(Nc4nccn5ncc(Br)c45)n[nH]3)[C@@H]2F)CC1. The lowest BCUT2D eigenvalue weighted by Crippen LogP contribution is -2.38. The maximum absolute atomic E-state index is 15.0. The number of hydrogen-bond acceptors (Lipinski definition) is 6. The van der Waals surface area contributed by atoms with E-state index in [1.165, 1.54) is 0 Å². The number of ether oxygens (including phenoxy) is 1. The number of aromatic nitrogens is 5. The van der Waals surface area contributed by atoms with Gasteiger partial charge in [0.25, 0.3) is 0 Å². The third-order valence-corrected chi connectivity index (χ3v) is 6.37. The Hall–Kier alpha value is -2.69. The third kappa shape index (κ3) is 3.62. The molecule has 3 atom stereocenters. The number of anilines is 2. The standard InChI is InChI=1S/C19H21BrFN7O2/c1-19(4-5-19)25-18(29)30-13-3-2-10(15(13)21)12-8-14(27-26-12)24-17-16-11(20)9-23-28(16)7-6-22-17/h6-10,13,15H,2-5H2,1H3,(H,25,29)(H2,22,24,26,27)/t10-,13-,15-/m0/s1. The van der Waals surface area contributed by atoms with Crippen LogP contribution in [-0.4, -0.2) is 48.7 Å². The van der Waals surface area contributed by atoms with Crippen LogP contribution < -0.4 is 10.6 Å². The highest BCUT2D eigenvalue weighted by atomic mass is 79.9. The molecule has 11 heteroatoms. The monoisotopic (exact) mass is 477 g/mol. The van der Waals surface area contributed by atoms with E-state index in [1.807, 2.05) is 6.92 Å². The van der Waals surface area contributed by atoms with Gasteiger partial charge in [0, 0.05) is 35.6 Å². The van der Waals surface area contributed by atoms with Gasteiger partial charge in [0.05, 0.1) is 10.7 Å².